The maximum Gasteiger partial charge on any atom is 0.245 e. The third kappa shape index (κ3) is 3.75. The zero-order valence-electron chi connectivity index (χ0n) is 12.7. The van der Waals surface area contributed by atoms with Gasteiger partial charge in [-0.25, -0.2) is 17.8 Å². The van der Waals surface area contributed by atoms with Gasteiger partial charge in [-0.05, 0) is 25.1 Å². The maximum atomic E-state index is 11.8. The van der Waals surface area contributed by atoms with E-state index in [9.17, 15) is 8.42 Å². The zero-order chi connectivity index (χ0) is 17.0. The smallest absolute Gasteiger partial charge is 0.245 e. The van der Waals surface area contributed by atoms with Gasteiger partial charge in [0, 0.05) is 19.3 Å². The maximum absolute atomic E-state index is 11.8. The van der Waals surface area contributed by atoms with Crippen molar-refractivity contribution in [3.05, 3.63) is 42.5 Å². The van der Waals surface area contributed by atoms with Crippen molar-refractivity contribution in [2.75, 3.05) is 18.4 Å². The quantitative estimate of drug-likeness (QED) is 0.585. The van der Waals surface area contributed by atoms with Crippen LogP contribution in [0.15, 0.2) is 46.3 Å². The van der Waals surface area contributed by atoms with Gasteiger partial charge in [-0.3, -0.25) is 0 Å². The van der Waals surface area contributed by atoms with Gasteiger partial charge in [0.2, 0.25) is 10.0 Å². The fourth-order valence-electron chi connectivity index (χ4n) is 1.87. The number of aryl methyl sites for hydroxylation is 1. The molecule has 0 amide bonds. The summed E-state index contributed by atoms with van der Waals surface area (Å²) in [5.74, 6) is 1.13. The van der Waals surface area contributed by atoms with E-state index in [-0.39, 0.29) is 11.4 Å². The summed E-state index contributed by atoms with van der Waals surface area (Å²) in [5, 5.41) is 18.7. The van der Waals surface area contributed by atoms with Crippen LogP contribution in [0.1, 0.15) is 5.69 Å². The Labute approximate surface area is 137 Å². The van der Waals surface area contributed by atoms with Gasteiger partial charge < -0.3 is 9.84 Å². The first-order valence-corrected chi connectivity index (χ1v) is 8.52. The van der Waals surface area contributed by atoms with Crippen molar-refractivity contribution in [2.24, 2.45) is 0 Å². The molecule has 0 radical (unpaired) electrons. The second-order valence-corrected chi connectivity index (χ2v) is 6.63. The largest absolute Gasteiger partial charge is 0.367 e. The lowest BCUT2D eigenvalue weighted by atomic mass is 10.5. The summed E-state index contributed by atoms with van der Waals surface area (Å²) in [6.07, 6.45) is 4.00. The molecule has 0 aliphatic rings. The molecule has 24 heavy (non-hydrogen) atoms. The van der Waals surface area contributed by atoms with Crippen molar-refractivity contribution in [3.8, 4) is 5.82 Å². The second-order valence-electron chi connectivity index (χ2n) is 4.86. The molecule has 0 unspecified atom stereocenters. The number of aromatic nitrogens is 5. The molecule has 0 bridgehead atoms. The molecule has 0 aliphatic heterocycles. The summed E-state index contributed by atoms with van der Waals surface area (Å²) in [6, 6.07) is 5.38. The predicted molar refractivity (Wildman–Crippen MR) is 84.1 cm³/mol. The number of anilines is 1. The molecule has 0 saturated carbocycles. The average molecular weight is 349 g/mol. The van der Waals surface area contributed by atoms with Crippen LogP contribution in [-0.4, -0.2) is 46.6 Å². The normalized spacial score (nSPS) is 11.5. The highest BCUT2D eigenvalue weighted by molar-refractivity contribution is 7.89. The van der Waals surface area contributed by atoms with Crippen molar-refractivity contribution in [2.45, 2.75) is 11.8 Å². The number of nitrogens with zero attached hydrogens (tertiary/aromatic N) is 5. The Hall–Kier alpha value is -2.79. The van der Waals surface area contributed by atoms with Crippen LogP contribution in [0.5, 0.6) is 0 Å². The fourth-order valence-corrected chi connectivity index (χ4v) is 2.76. The van der Waals surface area contributed by atoms with E-state index < -0.39 is 10.0 Å². The second kappa shape index (κ2) is 6.76. The third-order valence-electron chi connectivity index (χ3n) is 3.05. The summed E-state index contributed by atoms with van der Waals surface area (Å²) in [7, 11) is -3.61. The molecule has 0 spiro atoms. The monoisotopic (exact) mass is 349 g/mol. The number of rotatable bonds is 7. The van der Waals surface area contributed by atoms with Gasteiger partial charge in [-0.15, -0.1) is 10.2 Å². The molecule has 10 nitrogen and oxygen atoms in total. The molecule has 0 saturated heterocycles. The minimum Gasteiger partial charge on any atom is -0.367 e. The van der Waals surface area contributed by atoms with Crippen LogP contribution in [0.4, 0.5) is 5.82 Å². The highest BCUT2D eigenvalue weighted by Gasteiger charge is 2.15. The molecule has 0 aliphatic carbocycles. The lowest BCUT2D eigenvalue weighted by Crippen LogP contribution is -2.28. The minimum absolute atomic E-state index is 0.0128. The van der Waals surface area contributed by atoms with Crippen molar-refractivity contribution < 1.29 is 12.9 Å². The van der Waals surface area contributed by atoms with E-state index in [2.05, 4.69) is 35.0 Å². The van der Waals surface area contributed by atoms with Crippen LogP contribution < -0.4 is 10.0 Å². The van der Waals surface area contributed by atoms with Gasteiger partial charge in [0.05, 0.1) is 11.9 Å². The van der Waals surface area contributed by atoms with Gasteiger partial charge in [-0.1, -0.05) is 5.16 Å². The molecule has 11 heteroatoms. The fraction of sp³-hybridized carbons (Fsp3) is 0.231. The first-order chi connectivity index (χ1) is 11.5. The van der Waals surface area contributed by atoms with Gasteiger partial charge in [0.1, 0.15) is 17.0 Å². The highest BCUT2D eigenvalue weighted by Crippen LogP contribution is 2.07. The van der Waals surface area contributed by atoms with E-state index >= 15 is 0 Å². The lowest BCUT2D eigenvalue weighted by Gasteiger charge is -2.07. The summed E-state index contributed by atoms with van der Waals surface area (Å²) >= 11 is 0. The first-order valence-electron chi connectivity index (χ1n) is 7.04. The summed E-state index contributed by atoms with van der Waals surface area (Å²) in [6.45, 7) is 2.41. The molecule has 3 heterocycles. The molecule has 2 N–H and O–H groups in total. The highest BCUT2D eigenvalue weighted by atomic mass is 32.2. The first kappa shape index (κ1) is 16.1. The predicted octanol–water partition coefficient (Wildman–Crippen LogP) is 0.349. The van der Waals surface area contributed by atoms with Gasteiger partial charge in [0.25, 0.3) is 0 Å². The number of nitrogens with one attached hydrogen (secondary N) is 2. The topological polar surface area (TPSA) is 128 Å². The van der Waals surface area contributed by atoms with E-state index in [0.29, 0.717) is 18.2 Å². The molecule has 126 valence electrons. The van der Waals surface area contributed by atoms with Crippen LogP contribution in [0, 0.1) is 6.92 Å². The van der Waals surface area contributed by atoms with Crippen molar-refractivity contribution >= 4 is 15.8 Å². The molecular weight excluding hydrogens is 334 g/mol. The van der Waals surface area contributed by atoms with Gasteiger partial charge >= 0.3 is 0 Å². The Kier molecular flexibility index (Phi) is 4.53. The van der Waals surface area contributed by atoms with E-state index in [1.165, 1.54) is 0 Å². The van der Waals surface area contributed by atoms with Crippen molar-refractivity contribution in [1.82, 2.24) is 29.9 Å². The van der Waals surface area contributed by atoms with Crippen molar-refractivity contribution in [3.63, 3.8) is 0 Å². The molecule has 3 aromatic heterocycles. The third-order valence-corrected chi connectivity index (χ3v) is 4.46. The Morgan fingerprint density at radius 2 is 2.08 bits per heavy atom. The Morgan fingerprint density at radius 3 is 2.71 bits per heavy atom. The standard InChI is InChI=1S/C13H15N7O3S/c1-10-4-7-20(19-10)13-3-2-12(17-18-13)14-5-6-16-24(21,22)11-8-15-23-9-11/h2-4,7-9,16H,5-6H2,1H3,(H,14,17). The average Bonchev–Trinajstić information content (AvgIpc) is 3.24. The van der Waals surface area contributed by atoms with E-state index in [1.807, 2.05) is 13.0 Å². The summed E-state index contributed by atoms with van der Waals surface area (Å²) in [4.78, 5) is -0.0128. The molecule has 0 atom stereocenters. The van der Waals surface area contributed by atoms with Crippen LogP contribution in [-0.2, 0) is 10.0 Å². The van der Waals surface area contributed by atoms with Gasteiger partial charge in [-0.2, -0.15) is 5.10 Å². The van der Waals surface area contributed by atoms with Crippen molar-refractivity contribution in [1.29, 1.82) is 0 Å². The lowest BCUT2D eigenvalue weighted by molar-refractivity contribution is 0.417. The number of hydrogen-bond donors (Lipinski definition) is 2. The molecular formula is C13H15N7O3S. The minimum atomic E-state index is -3.61. The Bertz CT molecular complexity index is 888. The number of sulfonamides is 1. The molecule has 0 aromatic carbocycles. The van der Waals surface area contributed by atoms with E-state index in [0.717, 1.165) is 18.2 Å². The Morgan fingerprint density at radius 1 is 1.21 bits per heavy atom. The van der Waals surface area contributed by atoms with Crippen LogP contribution in [0.3, 0.4) is 0 Å². The van der Waals surface area contributed by atoms with Crippen LogP contribution >= 0.6 is 0 Å². The summed E-state index contributed by atoms with van der Waals surface area (Å²) in [5.41, 5.74) is 0.888. The molecule has 3 rings (SSSR count). The van der Waals surface area contributed by atoms with Crippen LogP contribution in [0.25, 0.3) is 5.82 Å². The number of hydrogen-bond acceptors (Lipinski definition) is 8. The SMILES string of the molecule is Cc1ccn(-c2ccc(NCCNS(=O)(=O)c3cnoc3)nn2)n1. The van der Waals surface area contributed by atoms with E-state index in [4.69, 9.17) is 0 Å². The van der Waals surface area contributed by atoms with Crippen LogP contribution in [0.2, 0.25) is 0 Å². The Balaban J connectivity index is 1.50. The zero-order valence-corrected chi connectivity index (χ0v) is 13.6. The van der Waals surface area contributed by atoms with E-state index in [1.54, 1.807) is 23.0 Å². The molecule has 3 aromatic rings. The molecule has 0 fully saturated rings. The summed E-state index contributed by atoms with van der Waals surface area (Å²) < 4.78 is 32.2. The van der Waals surface area contributed by atoms with Gasteiger partial charge in [0.15, 0.2) is 5.82 Å².